The van der Waals surface area contributed by atoms with Crippen LogP contribution in [-0.2, 0) is 11.3 Å². The lowest BCUT2D eigenvalue weighted by atomic mass is 10.1. The number of rotatable bonds is 7. The molecule has 27 heavy (non-hydrogen) atoms. The van der Waals surface area contributed by atoms with Crippen LogP contribution in [0.2, 0.25) is 0 Å². The van der Waals surface area contributed by atoms with Crippen molar-refractivity contribution in [3.63, 3.8) is 0 Å². The first-order valence-corrected chi connectivity index (χ1v) is 8.63. The summed E-state index contributed by atoms with van der Waals surface area (Å²) >= 11 is 0. The highest BCUT2D eigenvalue weighted by molar-refractivity contribution is 5.94. The van der Waals surface area contributed by atoms with Crippen molar-refractivity contribution in [2.45, 2.75) is 20.5 Å². The van der Waals surface area contributed by atoms with Gasteiger partial charge in [-0.05, 0) is 38.1 Å². The number of Topliss-reactive ketones (excluding diaryl/α,β-unsaturated/α-hetero) is 1. The van der Waals surface area contributed by atoms with Gasteiger partial charge in [0.05, 0.1) is 12.3 Å². The van der Waals surface area contributed by atoms with Gasteiger partial charge in [-0.15, -0.1) is 0 Å². The van der Waals surface area contributed by atoms with Gasteiger partial charge in [-0.25, -0.2) is 4.79 Å². The van der Waals surface area contributed by atoms with Gasteiger partial charge in [-0.1, -0.05) is 30.3 Å². The van der Waals surface area contributed by atoms with Crippen LogP contribution in [0.3, 0.4) is 0 Å². The average molecular weight is 364 g/mol. The number of ether oxygens (including phenoxy) is 2. The first-order chi connectivity index (χ1) is 13.1. The summed E-state index contributed by atoms with van der Waals surface area (Å²) in [5.74, 6) is -0.00283. The third-order valence-electron chi connectivity index (χ3n) is 3.99. The SMILES string of the molecule is CCOc1ccc(C(C)=O)cc1COC(=O)c1cc(-c2ccccc2)n[nH]1. The van der Waals surface area contributed by atoms with Crippen LogP contribution in [0.1, 0.15) is 40.3 Å². The van der Waals surface area contributed by atoms with E-state index in [1.165, 1.54) is 6.92 Å². The van der Waals surface area contributed by atoms with E-state index in [2.05, 4.69) is 10.2 Å². The fourth-order valence-electron chi connectivity index (χ4n) is 2.61. The summed E-state index contributed by atoms with van der Waals surface area (Å²) in [5.41, 5.74) is 3.00. The molecule has 138 valence electrons. The molecule has 1 N–H and O–H groups in total. The van der Waals surface area contributed by atoms with Crippen LogP contribution in [0.5, 0.6) is 5.75 Å². The lowest BCUT2D eigenvalue weighted by Gasteiger charge is -2.11. The minimum Gasteiger partial charge on any atom is -0.493 e. The van der Waals surface area contributed by atoms with Crippen molar-refractivity contribution in [2.24, 2.45) is 0 Å². The zero-order valence-electron chi connectivity index (χ0n) is 15.2. The first kappa shape index (κ1) is 18.4. The van der Waals surface area contributed by atoms with E-state index in [4.69, 9.17) is 9.47 Å². The topological polar surface area (TPSA) is 81.3 Å². The first-order valence-electron chi connectivity index (χ1n) is 8.63. The second kappa shape index (κ2) is 8.31. The van der Waals surface area contributed by atoms with E-state index in [1.54, 1.807) is 24.3 Å². The van der Waals surface area contributed by atoms with Gasteiger partial charge in [-0.2, -0.15) is 5.10 Å². The Bertz CT molecular complexity index is 948. The normalized spacial score (nSPS) is 10.4. The fraction of sp³-hybridized carbons (Fsp3) is 0.190. The molecule has 0 amide bonds. The summed E-state index contributed by atoms with van der Waals surface area (Å²) in [5, 5.41) is 6.85. The van der Waals surface area contributed by atoms with Crippen LogP contribution in [0.15, 0.2) is 54.6 Å². The maximum absolute atomic E-state index is 12.3. The Morgan fingerprint density at radius 3 is 2.56 bits per heavy atom. The Labute approximate surface area is 157 Å². The van der Waals surface area contributed by atoms with Gasteiger partial charge >= 0.3 is 5.97 Å². The molecule has 3 rings (SSSR count). The summed E-state index contributed by atoms with van der Waals surface area (Å²) < 4.78 is 10.9. The van der Waals surface area contributed by atoms with E-state index in [0.717, 1.165) is 5.56 Å². The van der Waals surface area contributed by atoms with Crippen LogP contribution in [0, 0.1) is 0 Å². The summed E-state index contributed by atoms with van der Waals surface area (Å²) in [6.45, 7) is 3.82. The van der Waals surface area contributed by atoms with Crippen LogP contribution < -0.4 is 4.74 Å². The van der Waals surface area contributed by atoms with Gasteiger partial charge in [-0.3, -0.25) is 9.89 Å². The summed E-state index contributed by atoms with van der Waals surface area (Å²) in [6.07, 6.45) is 0. The number of benzene rings is 2. The van der Waals surface area contributed by atoms with E-state index >= 15 is 0 Å². The number of hydrogen-bond donors (Lipinski definition) is 1. The summed E-state index contributed by atoms with van der Waals surface area (Å²) in [7, 11) is 0. The Balaban J connectivity index is 1.73. The number of nitrogens with zero attached hydrogens (tertiary/aromatic N) is 1. The Morgan fingerprint density at radius 2 is 1.85 bits per heavy atom. The van der Waals surface area contributed by atoms with Crippen LogP contribution in [-0.4, -0.2) is 28.6 Å². The molecule has 0 aliphatic carbocycles. The van der Waals surface area contributed by atoms with E-state index in [1.807, 2.05) is 37.3 Å². The number of aromatic amines is 1. The number of H-pyrrole nitrogens is 1. The molecule has 1 heterocycles. The van der Waals surface area contributed by atoms with Gasteiger partial charge in [0.15, 0.2) is 5.78 Å². The molecular formula is C21H20N2O4. The zero-order valence-corrected chi connectivity index (χ0v) is 15.2. The number of esters is 1. The summed E-state index contributed by atoms with van der Waals surface area (Å²) in [4.78, 5) is 24.0. The highest BCUT2D eigenvalue weighted by Crippen LogP contribution is 2.23. The molecule has 2 aromatic carbocycles. The largest absolute Gasteiger partial charge is 0.493 e. The molecule has 6 nitrogen and oxygen atoms in total. The zero-order chi connectivity index (χ0) is 19.2. The minimum atomic E-state index is -0.527. The van der Waals surface area contributed by atoms with Crippen molar-refractivity contribution in [3.8, 4) is 17.0 Å². The fourth-order valence-corrected chi connectivity index (χ4v) is 2.61. The molecule has 0 spiro atoms. The molecule has 3 aromatic rings. The Morgan fingerprint density at radius 1 is 1.07 bits per heavy atom. The molecule has 0 fully saturated rings. The minimum absolute atomic E-state index is 0.00498. The highest BCUT2D eigenvalue weighted by atomic mass is 16.5. The van der Waals surface area contributed by atoms with Crippen LogP contribution >= 0.6 is 0 Å². The van der Waals surface area contributed by atoms with Gasteiger partial charge in [0.25, 0.3) is 0 Å². The van der Waals surface area contributed by atoms with E-state index in [9.17, 15) is 9.59 Å². The molecule has 0 aliphatic heterocycles. The van der Waals surface area contributed by atoms with Gasteiger partial charge in [0, 0.05) is 16.7 Å². The lowest BCUT2D eigenvalue weighted by Crippen LogP contribution is -2.08. The molecule has 6 heteroatoms. The van der Waals surface area contributed by atoms with Crippen molar-refractivity contribution in [2.75, 3.05) is 6.61 Å². The molecule has 0 unspecified atom stereocenters. The van der Waals surface area contributed by atoms with E-state index in [0.29, 0.717) is 29.2 Å². The second-order valence-electron chi connectivity index (χ2n) is 5.92. The number of hydrogen-bond acceptors (Lipinski definition) is 5. The van der Waals surface area contributed by atoms with Crippen molar-refractivity contribution < 1.29 is 19.1 Å². The molecule has 1 aromatic heterocycles. The quantitative estimate of drug-likeness (QED) is 0.505. The molecule has 0 saturated carbocycles. The van der Waals surface area contributed by atoms with Crippen molar-refractivity contribution in [1.29, 1.82) is 0 Å². The molecule has 0 saturated heterocycles. The molecule has 0 radical (unpaired) electrons. The molecule has 0 bridgehead atoms. The number of aromatic nitrogens is 2. The molecular weight excluding hydrogens is 344 g/mol. The van der Waals surface area contributed by atoms with Crippen molar-refractivity contribution >= 4 is 11.8 Å². The number of nitrogens with one attached hydrogen (secondary N) is 1. The maximum Gasteiger partial charge on any atom is 0.356 e. The standard InChI is InChI=1S/C21H20N2O4/c1-3-26-20-10-9-16(14(2)24)11-17(20)13-27-21(25)19-12-18(22-23-19)15-7-5-4-6-8-15/h4-12H,3,13H2,1-2H3,(H,22,23). The predicted octanol–water partition coefficient (Wildman–Crippen LogP) is 4.04. The van der Waals surface area contributed by atoms with Crippen molar-refractivity contribution in [1.82, 2.24) is 10.2 Å². The third kappa shape index (κ3) is 4.41. The lowest BCUT2D eigenvalue weighted by molar-refractivity contribution is 0.0462. The average Bonchev–Trinajstić information content (AvgIpc) is 3.18. The summed E-state index contributed by atoms with van der Waals surface area (Å²) in [6, 6.07) is 16.3. The number of ketones is 1. The van der Waals surface area contributed by atoms with Gasteiger partial charge in [0.2, 0.25) is 0 Å². The second-order valence-corrected chi connectivity index (χ2v) is 5.92. The maximum atomic E-state index is 12.3. The smallest absolute Gasteiger partial charge is 0.356 e. The van der Waals surface area contributed by atoms with Gasteiger partial charge in [0.1, 0.15) is 18.1 Å². The van der Waals surface area contributed by atoms with E-state index in [-0.39, 0.29) is 18.1 Å². The van der Waals surface area contributed by atoms with Crippen LogP contribution in [0.4, 0.5) is 0 Å². The Hall–Kier alpha value is -3.41. The van der Waals surface area contributed by atoms with Crippen LogP contribution in [0.25, 0.3) is 11.3 Å². The molecule has 0 aliphatic rings. The number of carbonyl (C=O) groups excluding carboxylic acids is 2. The monoisotopic (exact) mass is 364 g/mol. The third-order valence-corrected chi connectivity index (χ3v) is 3.99. The molecule has 0 atom stereocenters. The highest BCUT2D eigenvalue weighted by Gasteiger charge is 2.15. The van der Waals surface area contributed by atoms with Gasteiger partial charge < -0.3 is 9.47 Å². The Kier molecular flexibility index (Phi) is 5.66. The van der Waals surface area contributed by atoms with E-state index < -0.39 is 5.97 Å². The predicted molar refractivity (Wildman–Crippen MR) is 101 cm³/mol. The number of carbonyl (C=O) groups is 2. The van der Waals surface area contributed by atoms with Crippen molar-refractivity contribution in [3.05, 3.63) is 71.4 Å².